The van der Waals surface area contributed by atoms with Crippen LogP contribution in [0.4, 0.5) is 0 Å². The van der Waals surface area contributed by atoms with Gasteiger partial charge in [0.1, 0.15) is 23.7 Å². The lowest BCUT2D eigenvalue weighted by atomic mass is 9.75. The largest absolute Gasteiger partial charge is 0.507 e. The second-order valence-electron chi connectivity index (χ2n) is 8.85. The van der Waals surface area contributed by atoms with Crippen LogP contribution in [-0.2, 0) is 14.3 Å². The van der Waals surface area contributed by atoms with E-state index in [1.807, 2.05) is 0 Å². The number of aryl methyl sites for hydroxylation is 1. The van der Waals surface area contributed by atoms with Crippen molar-refractivity contribution in [1.82, 2.24) is 10.2 Å². The molecule has 3 aliphatic rings. The minimum atomic E-state index is -1.77. The molecule has 0 bridgehead atoms. The van der Waals surface area contributed by atoms with Gasteiger partial charge in [-0.15, -0.1) is 10.2 Å². The van der Waals surface area contributed by atoms with E-state index in [0.29, 0.717) is 18.1 Å². The number of halogens is 1. The predicted octanol–water partition coefficient (Wildman–Crippen LogP) is 3.99. The molecule has 1 aromatic heterocycles. The summed E-state index contributed by atoms with van der Waals surface area (Å²) < 4.78 is 28.9. The van der Waals surface area contributed by atoms with Gasteiger partial charge in [-0.25, -0.2) is 0 Å². The first kappa shape index (κ1) is 23.8. The van der Waals surface area contributed by atoms with Gasteiger partial charge in [-0.3, -0.25) is 9.59 Å². The number of hydrogen-bond acceptors (Lipinski definition) is 10. The molecule has 2 aromatic rings. The summed E-state index contributed by atoms with van der Waals surface area (Å²) in [4.78, 5) is 25.7. The number of Topliss-reactive ketones (excluding diaryl/α,β-unsaturated/α-hetero) is 1. The van der Waals surface area contributed by atoms with Crippen LogP contribution in [0.1, 0.15) is 48.9 Å². The van der Waals surface area contributed by atoms with Crippen LogP contribution in [0.3, 0.4) is 0 Å². The number of carbonyl (C=O) groups excluding carboxylic acids is 2. The van der Waals surface area contributed by atoms with E-state index in [1.165, 1.54) is 6.07 Å². The smallest absolute Gasteiger partial charge is 0.249 e. The Morgan fingerprint density at radius 3 is 2.77 bits per heavy atom. The minimum absolute atomic E-state index is 0.0256. The van der Waals surface area contributed by atoms with Crippen molar-refractivity contribution in [1.29, 1.82) is 0 Å². The lowest BCUT2D eigenvalue weighted by Crippen LogP contribution is -2.51. The number of ether oxygens (including phenoxy) is 4. The van der Waals surface area contributed by atoms with Crippen molar-refractivity contribution >= 4 is 23.2 Å². The van der Waals surface area contributed by atoms with Gasteiger partial charge in [0.05, 0.1) is 17.2 Å². The molecule has 1 unspecified atom stereocenters. The molecule has 1 aliphatic carbocycles. The van der Waals surface area contributed by atoms with Crippen molar-refractivity contribution in [2.45, 2.75) is 51.4 Å². The molecule has 1 saturated heterocycles. The molecule has 186 valence electrons. The average Bonchev–Trinajstić information content (AvgIpc) is 3.40. The first-order valence-corrected chi connectivity index (χ1v) is 11.9. The monoisotopic (exact) mass is 504 g/mol. The lowest BCUT2D eigenvalue weighted by Gasteiger charge is -2.34. The predicted molar refractivity (Wildman–Crippen MR) is 122 cm³/mol. The Bertz CT molecular complexity index is 1200. The summed E-state index contributed by atoms with van der Waals surface area (Å²) >= 11 is 6.65. The maximum Gasteiger partial charge on any atom is 0.249 e. The summed E-state index contributed by atoms with van der Waals surface area (Å²) in [7, 11) is 0. The normalized spacial score (nSPS) is 26.0. The van der Waals surface area contributed by atoms with E-state index in [1.54, 1.807) is 13.8 Å². The molecule has 1 spiro atoms. The summed E-state index contributed by atoms with van der Waals surface area (Å²) in [5.41, 5.74) is -1.39. The van der Waals surface area contributed by atoms with Gasteiger partial charge in [0.2, 0.25) is 23.2 Å². The molecule has 0 amide bonds. The van der Waals surface area contributed by atoms with Crippen molar-refractivity contribution in [3.63, 3.8) is 0 Å². The van der Waals surface area contributed by atoms with Crippen molar-refractivity contribution in [2.24, 2.45) is 5.92 Å². The van der Waals surface area contributed by atoms with E-state index in [2.05, 4.69) is 10.2 Å². The maximum absolute atomic E-state index is 13.7. The molecule has 35 heavy (non-hydrogen) atoms. The van der Waals surface area contributed by atoms with Crippen LogP contribution in [0.5, 0.6) is 11.5 Å². The summed E-state index contributed by atoms with van der Waals surface area (Å²) in [5.74, 6) is -1.28. The third-order valence-corrected chi connectivity index (χ3v) is 6.81. The van der Waals surface area contributed by atoms with Crippen LogP contribution < -0.4 is 9.47 Å². The molecule has 5 rings (SSSR count). The quantitative estimate of drug-likeness (QED) is 0.576. The van der Waals surface area contributed by atoms with Crippen LogP contribution in [0.15, 0.2) is 22.3 Å². The number of aliphatic hydroxyl groups excluding tert-OH is 1. The number of allylic oxidation sites excluding steroid dienone is 1. The second-order valence-corrected chi connectivity index (χ2v) is 9.23. The van der Waals surface area contributed by atoms with Crippen LogP contribution in [0.25, 0.3) is 11.5 Å². The van der Waals surface area contributed by atoms with Crippen LogP contribution in [0, 0.1) is 12.8 Å². The SMILES string of the molecule is Cc1nnc(-c2cc(OCCOC3CCCCO3)c3c(c2Cl)O[C@]2(C3=O)C(O)=CC(=O)C[C@H]2C)o1. The van der Waals surface area contributed by atoms with Crippen LogP contribution >= 0.6 is 11.6 Å². The lowest BCUT2D eigenvalue weighted by molar-refractivity contribution is -0.165. The fourth-order valence-corrected chi connectivity index (χ4v) is 4.94. The highest BCUT2D eigenvalue weighted by atomic mass is 35.5. The van der Waals surface area contributed by atoms with Gasteiger partial charge in [0.15, 0.2) is 17.8 Å². The molecule has 1 fully saturated rings. The second kappa shape index (κ2) is 9.25. The molecule has 10 nitrogen and oxygen atoms in total. The molecule has 2 aliphatic heterocycles. The molecule has 3 atom stereocenters. The van der Waals surface area contributed by atoms with E-state index < -0.39 is 23.1 Å². The number of carbonyl (C=O) groups is 2. The van der Waals surface area contributed by atoms with Gasteiger partial charge in [-0.05, 0) is 25.3 Å². The molecular formula is C24H25ClN2O8. The first-order chi connectivity index (χ1) is 16.8. The summed E-state index contributed by atoms with van der Waals surface area (Å²) in [6, 6.07) is 1.53. The van der Waals surface area contributed by atoms with Crippen molar-refractivity contribution in [2.75, 3.05) is 19.8 Å². The number of hydrogen-bond donors (Lipinski definition) is 1. The highest BCUT2D eigenvalue weighted by molar-refractivity contribution is 6.36. The Kier molecular flexibility index (Phi) is 6.29. The standard InChI is InChI=1S/C24H25ClN2O8/c1-12-9-14(28)10-17(29)24(12)22(30)19-16(31-7-8-33-18-5-3-4-6-32-18)11-15(20(25)21(19)35-24)23-27-26-13(2)34-23/h10-12,18,29H,3-9H2,1-2H3/t12-,18?,24+/m1/s1. The third kappa shape index (κ3) is 4.09. The zero-order chi connectivity index (χ0) is 24.7. The highest BCUT2D eigenvalue weighted by Crippen LogP contribution is 2.53. The van der Waals surface area contributed by atoms with Crippen molar-refractivity contribution < 1.29 is 38.1 Å². The molecule has 3 heterocycles. The van der Waals surface area contributed by atoms with Gasteiger partial charge in [0, 0.05) is 31.9 Å². The van der Waals surface area contributed by atoms with Crippen LogP contribution in [0.2, 0.25) is 5.02 Å². The van der Waals surface area contributed by atoms with Gasteiger partial charge in [0.25, 0.3) is 0 Å². The van der Waals surface area contributed by atoms with Gasteiger partial charge >= 0.3 is 0 Å². The van der Waals surface area contributed by atoms with E-state index in [4.69, 9.17) is 35.0 Å². The molecule has 1 N–H and O–H groups in total. The number of rotatable bonds is 6. The molecule has 0 saturated carbocycles. The Labute approximate surface area is 206 Å². The molecule has 0 radical (unpaired) electrons. The number of ketones is 2. The molecule has 1 aromatic carbocycles. The zero-order valence-electron chi connectivity index (χ0n) is 19.3. The zero-order valence-corrected chi connectivity index (χ0v) is 20.1. The van der Waals surface area contributed by atoms with Gasteiger partial charge in [-0.2, -0.15) is 0 Å². The first-order valence-electron chi connectivity index (χ1n) is 11.5. The number of benzene rings is 1. The number of fused-ring (bicyclic) bond motifs is 1. The average molecular weight is 505 g/mol. The van der Waals surface area contributed by atoms with Gasteiger partial charge < -0.3 is 28.5 Å². The fraction of sp³-hybridized carbons (Fsp3) is 0.500. The maximum atomic E-state index is 13.7. The van der Waals surface area contributed by atoms with Crippen molar-refractivity contribution in [3.05, 3.63) is 34.4 Å². The van der Waals surface area contributed by atoms with E-state index in [0.717, 1.165) is 25.3 Å². The molecular weight excluding hydrogens is 480 g/mol. The number of aliphatic hydroxyl groups is 1. The molecule has 11 heteroatoms. The van der Waals surface area contributed by atoms with Crippen molar-refractivity contribution in [3.8, 4) is 23.0 Å². The summed E-state index contributed by atoms with van der Waals surface area (Å²) in [5, 5.41) is 18.6. The summed E-state index contributed by atoms with van der Waals surface area (Å²) in [6.07, 6.45) is 3.64. The topological polar surface area (TPSA) is 130 Å². The Hall–Kier alpha value is -2.95. The van der Waals surface area contributed by atoms with Gasteiger partial charge in [-0.1, -0.05) is 18.5 Å². The van der Waals surface area contributed by atoms with E-state index >= 15 is 0 Å². The number of aromatic nitrogens is 2. The van der Waals surface area contributed by atoms with Crippen LogP contribution in [-0.4, -0.2) is 58.6 Å². The minimum Gasteiger partial charge on any atom is -0.507 e. The fourth-order valence-electron chi connectivity index (χ4n) is 4.67. The van der Waals surface area contributed by atoms with E-state index in [9.17, 15) is 14.7 Å². The Balaban J connectivity index is 1.50. The Morgan fingerprint density at radius 1 is 1.26 bits per heavy atom. The third-order valence-electron chi connectivity index (χ3n) is 6.43. The van der Waals surface area contributed by atoms with E-state index in [-0.39, 0.29) is 59.7 Å². The highest BCUT2D eigenvalue weighted by Gasteiger charge is 2.59. The number of nitrogens with zero attached hydrogens (tertiary/aromatic N) is 2. The Morgan fingerprint density at radius 2 is 2.09 bits per heavy atom. The summed E-state index contributed by atoms with van der Waals surface area (Å²) in [6.45, 7) is 4.31.